The van der Waals surface area contributed by atoms with Crippen molar-refractivity contribution in [3.05, 3.63) is 58.1 Å². The van der Waals surface area contributed by atoms with E-state index in [1.165, 1.54) is 18.2 Å². The zero-order valence-electron chi connectivity index (χ0n) is 13.4. The molecule has 7 heteroatoms. The van der Waals surface area contributed by atoms with Crippen LogP contribution in [0.15, 0.2) is 35.2 Å². The second kappa shape index (κ2) is 5.45. The molecule has 124 valence electrons. The number of benzene rings is 2. The van der Waals surface area contributed by atoms with E-state index in [-0.39, 0.29) is 21.7 Å². The minimum absolute atomic E-state index is 0.164. The predicted molar refractivity (Wildman–Crippen MR) is 89.7 cm³/mol. The Kier molecular flexibility index (Phi) is 3.68. The van der Waals surface area contributed by atoms with Crippen LogP contribution in [-0.4, -0.2) is 20.2 Å². The van der Waals surface area contributed by atoms with Crippen LogP contribution in [0.3, 0.4) is 0 Å². The zero-order chi connectivity index (χ0) is 17.6. The van der Waals surface area contributed by atoms with Gasteiger partial charge in [0.25, 0.3) is 21.8 Å². The molecule has 2 aromatic rings. The van der Waals surface area contributed by atoms with Crippen LogP contribution in [0.5, 0.6) is 0 Å². The van der Waals surface area contributed by atoms with E-state index in [0.29, 0.717) is 11.1 Å². The molecule has 2 amide bonds. The predicted octanol–water partition coefficient (Wildman–Crippen LogP) is 2.30. The Balaban J connectivity index is 2.01. The summed E-state index contributed by atoms with van der Waals surface area (Å²) in [5.74, 6) is -1.01. The van der Waals surface area contributed by atoms with E-state index in [4.69, 9.17) is 0 Å². The van der Waals surface area contributed by atoms with E-state index in [0.717, 1.165) is 5.56 Å². The molecule has 0 unspecified atom stereocenters. The van der Waals surface area contributed by atoms with Crippen LogP contribution >= 0.6 is 0 Å². The largest absolute Gasteiger partial charge is 0.288 e. The number of fused-ring (bicyclic) bond motifs is 1. The standard InChI is InChI=1S/C17H16N2O4S/c1-9-6-10(2)15(11(3)7-9)24(22,23)19-12-4-5-13-14(8-12)17(21)18-16(13)20/h4-8,19H,1-3H3,(H,18,20,21). The van der Waals surface area contributed by atoms with E-state index >= 15 is 0 Å². The summed E-state index contributed by atoms with van der Waals surface area (Å²) >= 11 is 0. The van der Waals surface area contributed by atoms with E-state index in [1.54, 1.807) is 26.0 Å². The Hall–Kier alpha value is -2.67. The van der Waals surface area contributed by atoms with Crippen molar-refractivity contribution >= 4 is 27.5 Å². The molecule has 6 nitrogen and oxygen atoms in total. The first-order chi connectivity index (χ1) is 11.2. The number of carbonyl (C=O) groups excluding carboxylic acids is 2. The van der Waals surface area contributed by atoms with Gasteiger partial charge in [0.05, 0.1) is 16.0 Å². The smallest absolute Gasteiger partial charge is 0.262 e. The van der Waals surface area contributed by atoms with Gasteiger partial charge in [-0.1, -0.05) is 17.7 Å². The highest BCUT2D eigenvalue weighted by Crippen LogP contribution is 2.26. The maximum Gasteiger partial charge on any atom is 0.262 e. The zero-order valence-corrected chi connectivity index (χ0v) is 14.2. The Morgan fingerprint density at radius 3 is 2.08 bits per heavy atom. The summed E-state index contributed by atoms with van der Waals surface area (Å²) in [5, 5.41) is 2.17. The van der Waals surface area contributed by atoms with Gasteiger partial charge in [0, 0.05) is 5.69 Å². The van der Waals surface area contributed by atoms with Gasteiger partial charge in [-0.05, 0) is 50.1 Å². The van der Waals surface area contributed by atoms with Gasteiger partial charge in [0.2, 0.25) is 0 Å². The summed E-state index contributed by atoms with van der Waals surface area (Å²) in [7, 11) is -3.81. The first-order valence-electron chi connectivity index (χ1n) is 7.29. The van der Waals surface area contributed by atoms with Crippen molar-refractivity contribution in [3.63, 3.8) is 0 Å². The summed E-state index contributed by atoms with van der Waals surface area (Å²) in [6, 6.07) is 7.87. The van der Waals surface area contributed by atoms with Crippen molar-refractivity contribution in [1.29, 1.82) is 0 Å². The first kappa shape index (κ1) is 16.2. The number of amides is 2. The van der Waals surface area contributed by atoms with Crippen molar-refractivity contribution in [2.45, 2.75) is 25.7 Å². The molecule has 0 aliphatic carbocycles. The number of imide groups is 1. The second-order valence-electron chi connectivity index (χ2n) is 5.88. The van der Waals surface area contributed by atoms with Gasteiger partial charge >= 0.3 is 0 Å². The fraction of sp³-hybridized carbons (Fsp3) is 0.176. The molecule has 0 bridgehead atoms. The van der Waals surface area contributed by atoms with E-state index in [1.807, 2.05) is 6.92 Å². The van der Waals surface area contributed by atoms with E-state index in [2.05, 4.69) is 10.0 Å². The van der Waals surface area contributed by atoms with Crippen molar-refractivity contribution in [2.24, 2.45) is 0 Å². The molecule has 0 saturated carbocycles. The Morgan fingerprint density at radius 1 is 0.875 bits per heavy atom. The van der Waals surface area contributed by atoms with Gasteiger partial charge in [0.15, 0.2) is 0 Å². The van der Waals surface area contributed by atoms with Gasteiger partial charge in [0.1, 0.15) is 0 Å². The first-order valence-corrected chi connectivity index (χ1v) is 8.78. The highest BCUT2D eigenvalue weighted by molar-refractivity contribution is 7.92. The Morgan fingerprint density at radius 2 is 1.46 bits per heavy atom. The van der Waals surface area contributed by atoms with Crippen molar-refractivity contribution in [1.82, 2.24) is 5.32 Å². The van der Waals surface area contributed by atoms with Crippen LogP contribution in [0.2, 0.25) is 0 Å². The summed E-state index contributed by atoms with van der Waals surface area (Å²) < 4.78 is 27.9. The van der Waals surface area contributed by atoms with Crippen molar-refractivity contribution in [3.8, 4) is 0 Å². The van der Waals surface area contributed by atoms with E-state index < -0.39 is 21.8 Å². The molecule has 0 saturated heterocycles. The van der Waals surface area contributed by atoms with Crippen molar-refractivity contribution in [2.75, 3.05) is 4.72 Å². The number of sulfonamides is 1. The number of hydrogen-bond acceptors (Lipinski definition) is 4. The van der Waals surface area contributed by atoms with Gasteiger partial charge in [-0.2, -0.15) is 0 Å². The van der Waals surface area contributed by atoms with Crippen LogP contribution in [0.25, 0.3) is 0 Å². The third kappa shape index (κ3) is 2.67. The van der Waals surface area contributed by atoms with Crippen molar-refractivity contribution < 1.29 is 18.0 Å². The molecule has 0 spiro atoms. The molecule has 24 heavy (non-hydrogen) atoms. The molecule has 1 heterocycles. The second-order valence-corrected chi connectivity index (χ2v) is 7.50. The minimum atomic E-state index is -3.81. The molecular formula is C17H16N2O4S. The van der Waals surface area contributed by atoms with Crippen LogP contribution in [0, 0.1) is 20.8 Å². The normalized spacial score (nSPS) is 13.6. The fourth-order valence-corrected chi connectivity index (χ4v) is 4.53. The lowest BCUT2D eigenvalue weighted by atomic mass is 10.1. The maximum atomic E-state index is 12.7. The number of carbonyl (C=O) groups is 2. The van der Waals surface area contributed by atoms with Crippen LogP contribution in [0.4, 0.5) is 5.69 Å². The monoisotopic (exact) mass is 344 g/mol. The molecular weight excluding hydrogens is 328 g/mol. The third-order valence-electron chi connectivity index (χ3n) is 3.86. The van der Waals surface area contributed by atoms with Crippen LogP contribution < -0.4 is 10.0 Å². The fourth-order valence-electron chi connectivity index (χ4n) is 3.03. The molecule has 3 rings (SSSR count). The average molecular weight is 344 g/mol. The molecule has 0 fully saturated rings. The average Bonchev–Trinajstić information content (AvgIpc) is 2.71. The lowest BCUT2D eigenvalue weighted by Gasteiger charge is -2.14. The molecule has 0 atom stereocenters. The lowest BCUT2D eigenvalue weighted by molar-refractivity contribution is 0.0879. The highest BCUT2D eigenvalue weighted by Gasteiger charge is 2.27. The molecule has 0 aromatic heterocycles. The SMILES string of the molecule is Cc1cc(C)c(S(=O)(=O)Nc2ccc3c(c2)C(=O)NC3=O)c(C)c1. The molecule has 0 radical (unpaired) electrons. The number of aryl methyl sites for hydroxylation is 3. The van der Waals surface area contributed by atoms with Gasteiger partial charge < -0.3 is 0 Å². The lowest BCUT2D eigenvalue weighted by Crippen LogP contribution is -2.19. The highest BCUT2D eigenvalue weighted by atomic mass is 32.2. The van der Waals surface area contributed by atoms with Gasteiger partial charge in [-0.3, -0.25) is 19.6 Å². The van der Waals surface area contributed by atoms with E-state index in [9.17, 15) is 18.0 Å². The summed E-state index contributed by atoms with van der Waals surface area (Å²) in [5.41, 5.74) is 2.92. The van der Waals surface area contributed by atoms with Crippen LogP contribution in [0.1, 0.15) is 37.4 Å². The molecule has 2 N–H and O–H groups in total. The topological polar surface area (TPSA) is 92.3 Å². The van der Waals surface area contributed by atoms with Gasteiger partial charge in [-0.15, -0.1) is 0 Å². The number of anilines is 1. The van der Waals surface area contributed by atoms with Crippen LogP contribution in [-0.2, 0) is 10.0 Å². The molecule has 1 aliphatic heterocycles. The summed E-state index contributed by atoms with van der Waals surface area (Å²) in [4.78, 5) is 23.5. The third-order valence-corrected chi connectivity index (χ3v) is 5.55. The van der Waals surface area contributed by atoms with Gasteiger partial charge in [-0.25, -0.2) is 8.42 Å². The Labute approximate surface area is 139 Å². The summed E-state index contributed by atoms with van der Waals surface area (Å²) in [6.45, 7) is 5.38. The maximum absolute atomic E-state index is 12.7. The number of hydrogen-bond donors (Lipinski definition) is 2. The Bertz CT molecular complexity index is 971. The molecule has 1 aliphatic rings. The number of nitrogens with one attached hydrogen (secondary N) is 2. The molecule has 2 aromatic carbocycles. The minimum Gasteiger partial charge on any atom is -0.288 e. The number of rotatable bonds is 3. The quantitative estimate of drug-likeness (QED) is 0.836. The summed E-state index contributed by atoms with van der Waals surface area (Å²) in [6.07, 6.45) is 0.